The summed E-state index contributed by atoms with van der Waals surface area (Å²) in [6.45, 7) is 3.19. The number of sulfone groups is 1. The first-order chi connectivity index (χ1) is 11.7. The van der Waals surface area contributed by atoms with Crippen molar-refractivity contribution in [1.29, 1.82) is 0 Å². The average molecular weight is 375 g/mol. The van der Waals surface area contributed by atoms with Gasteiger partial charge in [-0.1, -0.05) is 12.1 Å². The maximum atomic E-state index is 12.4. The molecule has 25 heavy (non-hydrogen) atoms. The zero-order valence-corrected chi connectivity index (χ0v) is 15.1. The van der Waals surface area contributed by atoms with Crippen molar-refractivity contribution in [2.45, 2.75) is 24.3 Å². The summed E-state index contributed by atoms with van der Waals surface area (Å²) in [5.74, 6) is 0. The Morgan fingerprint density at radius 3 is 2.20 bits per heavy atom. The molecule has 1 saturated heterocycles. The van der Waals surface area contributed by atoms with Crippen molar-refractivity contribution in [3.05, 3.63) is 29.8 Å². The van der Waals surface area contributed by atoms with E-state index in [1.165, 1.54) is 12.1 Å². The molecular weight excluding hydrogens is 352 g/mol. The van der Waals surface area contributed by atoms with Crippen molar-refractivity contribution in [1.82, 2.24) is 15.1 Å². The molecule has 1 unspecified atom stereocenters. The lowest BCUT2D eigenvalue weighted by Gasteiger charge is -2.35. The first-order valence-corrected chi connectivity index (χ1v) is 9.92. The van der Waals surface area contributed by atoms with Gasteiger partial charge in [0.15, 0.2) is 9.84 Å². The predicted molar refractivity (Wildman–Crippen MR) is 90.5 cm³/mol. The molecule has 0 aromatic heterocycles. The Balaban J connectivity index is 1.88. The average Bonchev–Trinajstić information content (AvgIpc) is 2.54. The minimum Gasteiger partial charge on any atom is -0.331 e. The number of carbonyl (C=O) groups is 1. The number of amides is 2. The second-order valence-corrected chi connectivity index (χ2v) is 8.21. The zero-order chi connectivity index (χ0) is 18.6. The number of nitrogens with zero attached hydrogens (tertiary/aromatic N) is 2. The van der Waals surface area contributed by atoms with Crippen LogP contribution in [-0.2, 0) is 9.84 Å². The Bertz CT molecular complexity index is 687. The fourth-order valence-electron chi connectivity index (χ4n) is 2.69. The smallest absolute Gasteiger partial charge is 0.317 e. The van der Waals surface area contributed by atoms with Crippen molar-refractivity contribution in [3.63, 3.8) is 0 Å². The van der Waals surface area contributed by atoms with Crippen LogP contribution in [0.3, 0.4) is 0 Å². The molecule has 9 heteroatoms. The van der Waals surface area contributed by atoms with E-state index in [0.717, 1.165) is 11.8 Å². The van der Waals surface area contributed by atoms with Gasteiger partial charge in [-0.2, -0.15) is 0 Å². The van der Waals surface area contributed by atoms with Crippen molar-refractivity contribution in [2.24, 2.45) is 0 Å². The number of halogens is 2. The van der Waals surface area contributed by atoms with Gasteiger partial charge in [-0.05, 0) is 24.6 Å². The minimum absolute atomic E-state index is 0.227. The Hall–Kier alpha value is -1.74. The summed E-state index contributed by atoms with van der Waals surface area (Å²) >= 11 is 0. The van der Waals surface area contributed by atoms with Crippen LogP contribution in [0.5, 0.6) is 0 Å². The molecule has 140 valence electrons. The van der Waals surface area contributed by atoms with E-state index >= 15 is 0 Å². The highest BCUT2D eigenvalue weighted by Crippen LogP contribution is 2.17. The number of piperazine rings is 1. The van der Waals surface area contributed by atoms with Crippen LogP contribution in [0.25, 0.3) is 0 Å². The third-order valence-corrected chi connectivity index (χ3v) is 5.33. The van der Waals surface area contributed by atoms with Crippen LogP contribution in [0.15, 0.2) is 29.2 Å². The van der Waals surface area contributed by atoms with E-state index in [9.17, 15) is 22.0 Å². The number of carbonyl (C=O) groups excluding carboxylic acids is 1. The molecule has 1 aliphatic heterocycles. The fourth-order valence-corrected chi connectivity index (χ4v) is 3.32. The highest BCUT2D eigenvalue weighted by atomic mass is 32.2. The summed E-state index contributed by atoms with van der Waals surface area (Å²) in [5, 5.41) is 2.85. The summed E-state index contributed by atoms with van der Waals surface area (Å²) in [4.78, 5) is 15.8. The maximum Gasteiger partial charge on any atom is 0.317 e. The SMILES string of the molecule is CC(NC(=O)N1CCN(CC(F)F)CC1)c1ccc(S(C)(=O)=O)cc1. The van der Waals surface area contributed by atoms with Gasteiger partial charge in [-0.15, -0.1) is 0 Å². The van der Waals surface area contributed by atoms with Gasteiger partial charge < -0.3 is 10.2 Å². The lowest BCUT2D eigenvalue weighted by molar-refractivity contribution is 0.0633. The predicted octanol–water partition coefficient (Wildman–Crippen LogP) is 1.74. The summed E-state index contributed by atoms with van der Waals surface area (Å²) in [6, 6.07) is 5.81. The number of urea groups is 1. The van der Waals surface area contributed by atoms with E-state index in [-0.39, 0.29) is 23.5 Å². The summed E-state index contributed by atoms with van der Waals surface area (Å²) in [6.07, 6.45) is -1.23. The number of rotatable bonds is 5. The molecule has 1 fully saturated rings. The number of hydrogen-bond donors (Lipinski definition) is 1. The molecule has 0 radical (unpaired) electrons. The van der Waals surface area contributed by atoms with Crippen LogP contribution < -0.4 is 5.32 Å². The van der Waals surface area contributed by atoms with Gasteiger partial charge in [0.25, 0.3) is 6.43 Å². The van der Waals surface area contributed by atoms with Gasteiger partial charge in [0.2, 0.25) is 0 Å². The molecule has 0 aliphatic carbocycles. The van der Waals surface area contributed by atoms with Crippen molar-refractivity contribution in [2.75, 3.05) is 39.0 Å². The molecule has 2 amide bonds. The molecule has 0 spiro atoms. The van der Waals surface area contributed by atoms with Gasteiger partial charge in [0, 0.05) is 32.4 Å². The van der Waals surface area contributed by atoms with Gasteiger partial charge in [0.05, 0.1) is 17.5 Å². The van der Waals surface area contributed by atoms with Crippen LogP contribution in [0, 0.1) is 0 Å². The summed E-state index contributed by atoms with van der Waals surface area (Å²) in [7, 11) is -3.25. The van der Waals surface area contributed by atoms with Gasteiger partial charge >= 0.3 is 6.03 Å². The number of hydrogen-bond acceptors (Lipinski definition) is 4. The summed E-state index contributed by atoms with van der Waals surface area (Å²) < 4.78 is 47.7. The third kappa shape index (κ3) is 5.64. The second-order valence-electron chi connectivity index (χ2n) is 6.19. The lowest BCUT2D eigenvalue weighted by Crippen LogP contribution is -2.52. The standard InChI is InChI=1S/C16H23F2N3O3S/c1-12(13-3-5-14(6-4-13)25(2,23)24)19-16(22)21-9-7-20(8-10-21)11-15(17)18/h3-6,12,15H,7-11H2,1-2H3,(H,19,22). The molecular formula is C16H23F2N3O3S. The molecule has 1 aromatic carbocycles. The van der Waals surface area contributed by atoms with Gasteiger partial charge in [-0.25, -0.2) is 22.0 Å². The highest BCUT2D eigenvalue weighted by molar-refractivity contribution is 7.90. The van der Waals surface area contributed by atoms with E-state index in [2.05, 4.69) is 5.32 Å². The highest BCUT2D eigenvalue weighted by Gasteiger charge is 2.23. The molecule has 1 aliphatic rings. The van der Waals surface area contributed by atoms with Gasteiger partial charge in [-0.3, -0.25) is 4.90 Å². The van der Waals surface area contributed by atoms with Crippen LogP contribution >= 0.6 is 0 Å². The Morgan fingerprint density at radius 2 is 1.72 bits per heavy atom. The zero-order valence-electron chi connectivity index (χ0n) is 14.3. The molecule has 1 heterocycles. The monoisotopic (exact) mass is 375 g/mol. The Kier molecular flexibility index (Phi) is 6.34. The fraction of sp³-hybridized carbons (Fsp3) is 0.562. The Labute approximate surface area is 146 Å². The maximum absolute atomic E-state index is 12.4. The van der Waals surface area contributed by atoms with E-state index in [0.29, 0.717) is 26.2 Å². The number of benzene rings is 1. The Morgan fingerprint density at radius 1 is 1.16 bits per heavy atom. The first-order valence-electron chi connectivity index (χ1n) is 8.03. The van der Waals surface area contributed by atoms with Crippen molar-refractivity contribution >= 4 is 15.9 Å². The van der Waals surface area contributed by atoms with Crippen LogP contribution in [0.1, 0.15) is 18.5 Å². The largest absolute Gasteiger partial charge is 0.331 e. The van der Waals surface area contributed by atoms with Crippen molar-refractivity contribution < 1.29 is 22.0 Å². The number of alkyl halides is 2. The molecule has 0 saturated carbocycles. The molecule has 1 aromatic rings. The van der Waals surface area contributed by atoms with Crippen LogP contribution in [-0.4, -0.2) is 69.7 Å². The molecule has 0 bridgehead atoms. The van der Waals surface area contributed by atoms with E-state index in [4.69, 9.17) is 0 Å². The van der Waals surface area contributed by atoms with E-state index in [1.807, 2.05) is 0 Å². The minimum atomic E-state index is -3.25. The molecule has 6 nitrogen and oxygen atoms in total. The lowest BCUT2D eigenvalue weighted by atomic mass is 10.1. The quantitative estimate of drug-likeness (QED) is 0.851. The van der Waals surface area contributed by atoms with Crippen molar-refractivity contribution in [3.8, 4) is 0 Å². The molecule has 1 N–H and O–H groups in total. The van der Waals surface area contributed by atoms with E-state index < -0.39 is 16.3 Å². The normalized spacial score (nSPS) is 17.6. The molecule has 2 rings (SSSR count). The topological polar surface area (TPSA) is 69.7 Å². The first kappa shape index (κ1) is 19.6. The summed E-state index contributed by atoms with van der Waals surface area (Å²) in [5.41, 5.74) is 0.789. The van der Waals surface area contributed by atoms with Crippen LogP contribution in [0.4, 0.5) is 13.6 Å². The van der Waals surface area contributed by atoms with Gasteiger partial charge in [0.1, 0.15) is 0 Å². The molecule has 1 atom stereocenters. The number of nitrogens with one attached hydrogen (secondary N) is 1. The van der Waals surface area contributed by atoms with Crippen LogP contribution in [0.2, 0.25) is 0 Å². The second kappa shape index (κ2) is 8.09. The van der Waals surface area contributed by atoms with E-state index in [1.54, 1.807) is 28.9 Å². The third-order valence-electron chi connectivity index (χ3n) is 4.20.